The van der Waals surface area contributed by atoms with Crippen LogP contribution < -0.4 is 5.32 Å². The van der Waals surface area contributed by atoms with E-state index in [-0.39, 0.29) is 0 Å². The van der Waals surface area contributed by atoms with Crippen LogP contribution in [-0.2, 0) is 0 Å². The van der Waals surface area contributed by atoms with Gasteiger partial charge in [-0.1, -0.05) is 13.8 Å². The van der Waals surface area contributed by atoms with Crippen LogP contribution >= 0.6 is 0 Å². The minimum absolute atomic E-state index is 0.875. The van der Waals surface area contributed by atoms with Gasteiger partial charge in [0.1, 0.15) is 5.84 Å². The molecule has 11 heavy (non-hydrogen) atoms. The fourth-order valence-electron chi connectivity index (χ4n) is 1.00. The molecule has 0 N–H and O–H groups in total. The van der Waals surface area contributed by atoms with Gasteiger partial charge in [-0.3, -0.25) is 4.90 Å². The van der Waals surface area contributed by atoms with E-state index in [1.807, 2.05) is 0 Å². The highest BCUT2D eigenvalue weighted by Gasteiger charge is 2.06. The normalized spacial score (nSPS) is 15.4. The summed E-state index contributed by atoms with van der Waals surface area (Å²) in [7, 11) is 0. The van der Waals surface area contributed by atoms with E-state index in [1.54, 1.807) is 12.4 Å². The van der Waals surface area contributed by atoms with Gasteiger partial charge in [0, 0.05) is 12.4 Å². The molecule has 0 aromatic rings. The molecule has 0 bridgehead atoms. The van der Waals surface area contributed by atoms with Crippen LogP contribution in [0, 0.1) is 0 Å². The second kappa shape index (κ2) is 4.13. The zero-order chi connectivity index (χ0) is 8.10. The highest BCUT2D eigenvalue weighted by atomic mass is 15.2. The average molecular weight is 152 g/mol. The Labute approximate surface area is 67.8 Å². The minimum atomic E-state index is 0.875. The molecule has 0 fully saturated rings. The lowest BCUT2D eigenvalue weighted by Crippen LogP contribution is -2.31. The maximum atomic E-state index is 4.10. The van der Waals surface area contributed by atoms with Crippen LogP contribution in [0.1, 0.15) is 13.8 Å². The van der Waals surface area contributed by atoms with Crippen LogP contribution in [0.25, 0.3) is 0 Å². The molecule has 0 aromatic heterocycles. The van der Waals surface area contributed by atoms with Gasteiger partial charge < -0.3 is 0 Å². The van der Waals surface area contributed by atoms with E-state index in [9.17, 15) is 0 Å². The predicted molar refractivity (Wildman–Crippen MR) is 46.5 cm³/mol. The first-order valence-electron chi connectivity index (χ1n) is 4.01. The number of hydrogen-bond donors (Lipinski definition) is 0. The number of aliphatic imine (C=N–C) groups is 1. The van der Waals surface area contributed by atoms with Crippen molar-refractivity contribution in [3.63, 3.8) is 0 Å². The van der Waals surface area contributed by atoms with Crippen molar-refractivity contribution in [1.82, 2.24) is 10.2 Å². The summed E-state index contributed by atoms with van der Waals surface area (Å²) in [5.74, 6) is 0.925. The summed E-state index contributed by atoms with van der Waals surface area (Å²) in [6.45, 7) is 7.29. The van der Waals surface area contributed by atoms with Crippen molar-refractivity contribution in [1.29, 1.82) is 0 Å². The van der Waals surface area contributed by atoms with Gasteiger partial charge in [0.2, 0.25) is 0 Å². The molecule has 1 aliphatic heterocycles. The van der Waals surface area contributed by atoms with E-state index in [1.165, 1.54) is 0 Å². The zero-order valence-corrected chi connectivity index (χ0v) is 7.12. The van der Waals surface area contributed by atoms with Crippen LogP contribution in [0.2, 0.25) is 0 Å². The van der Waals surface area contributed by atoms with Gasteiger partial charge in [0.25, 0.3) is 0 Å². The van der Waals surface area contributed by atoms with E-state index < -0.39 is 0 Å². The molecule has 3 heteroatoms. The molecule has 1 heterocycles. The highest BCUT2D eigenvalue weighted by molar-refractivity contribution is 5.86. The van der Waals surface area contributed by atoms with Crippen LogP contribution in [0.3, 0.4) is 0 Å². The van der Waals surface area contributed by atoms with E-state index in [0.29, 0.717) is 0 Å². The molecule has 0 atom stereocenters. The molecule has 0 unspecified atom stereocenters. The molecule has 0 saturated carbocycles. The van der Waals surface area contributed by atoms with Gasteiger partial charge in [-0.15, -0.1) is 0 Å². The number of amidine groups is 1. The van der Waals surface area contributed by atoms with Crippen molar-refractivity contribution in [3.8, 4) is 0 Å². The Bertz CT molecular complexity index is 168. The summed E-state index contributed by atoms with van der Waals surface area (Å²) in [5.41, 5.74) is 0. The molecule has 0 aromatic carbocycles. The molecular weight excluding hydrogens is 138 g/mol. The van der Waals surface area contributed by atoms with Crippen molar-refractivity contribution in [3.05, 3.63) is 12.4 Å². The van der Waals surface area contributed by atoms with E-state index in [4.69, 9.17) is 0 Å². The lowest BCUT2D eigenvalue weighted by molar-refractivity contribution is 0.345. The van der Waals surface area contributed by atoms with Gasteiger partial charge in [0.15, 0.2) is 0 Å². The molecule has 1 radical (unpaired) electrons. The van der Waals surface area contributed by atoms with Crippen LogP contribution in [-0.4, -0.2) is 30.4 Å². The number of nitrogens with zero attached hydrogens (tertiary/aromatic N) is 3. The molecule has 3 nitrogen and oxygen atoms in total. The van der Waals surface area contributed by atoms with Gasteiger partial charge in [-0.2, -0.15) is 0 Å². The van der Waals surface area contributed by atoms with Crippen LogP contribution in [0.4, 0.5) is 0 Å². The molecule has 1 aliphatic rings. The smallest absolute Gasteiger partial charge is 0.142 e. The van der Waals surface area contributed by atoms with Gasteiger partial charge in [-0.05, 0) is 13.1 Å². The lowest BCUT2D eigenvalue weighted by atomic mass is 10.4. The first kappa shape index (κ1) is 8.27. The third-order valence-electron chi connectivity index (χ3n) is 1.77. The third-order valence-corrected chi connectivity index (χ3v) is 1.77. The Morgan fingerprint density at radius 3 is 2.45 bits per heavy atom. The Hall–Kier alpha value is -0.830. The van der Waals surface area contributed by atoms with Gasteiger partial charge in [-0.25, -0.2) is 10.3 Å². The number of hydrogen-bond acceptors (Lipinski definition) is 2. The van der Waals surface area contributed by atoms with Crippen molar-refractivity contribution in [2.75, 3.05) is 19.6 Å². The standard InChI is InChI=1S/C8H14N3/c1-3-11(4-2)7-8-9-5-6-10-8/h5-6H,3-4,7H2,1-2H3. The molecule has 0 amide bonds. The lowest BCUT2D eigenvalue weighted by Gasteiger charge is -2.16. The molecular formula is C8H14N3. The average Bonchev–Trinajstić information content (AvgIpc) is 2.52. The summed E-state index contributed by atoms with van der Waals surface area (Å²) >= 11 is 0. The van der Waals surface area contributed by atoms with Crippen LogP contribution in [0.15, 0.2) is 17.4 Å². The summed E-state index contributed by atoms with van der Waals surface area (Å²) < 4.78 is 0. The minimum Gasteiger partial charge on any atom is -0.296 e. The first-order chi connectivity index (χ1) is 5.36. The Balaban J connectivity index is 2.29. The largest absolute Gasteiger partial charge is 0.296 e. The van der Waals surface area contributed by atoms with E-state index in [2.05, 4.69) is 29.1 Å². The number of likely N-dealkylation sites (N-methyl/N-ethyl adjacent to an activating group) is 1. The molecule has 1 rings (SSSR count). The SMILES string of the molecule is CCN(CC)CC1=NC=C[N]1. The molecule has 0 spiro atoms. The van der Waals surface area contributed by atoms with E-state index >= 15 is 0 Å². The number of rotatable bonds is 4. The van der Waals surface area contributed by atoms with Crippen molar-refractivity contribution < 1.29 is 0 Å². The first-order valence-corrected chi connectivity index (χ1v) is 4.01. The second-order valence-electron chi connectivity index (χ2n) is 2.43. The van der Waals surface area contributed by atoms with Gasteiger partial charge in [0.05, 0.1) is 6.54 Å². The maximum Gasteiger partial charge on any atom is 0.142 e. The third kappa shape index (κ3) is 2.35. The Morgan fingerprint density at radius 2 is 2.00 bits per heavy atom. The summed E-state index contributed by atoms with van der Waals surface area (Å²) in [4.78, 5) is 6.39. The van der Waals surface area contributed by atoms with Gasteiger partial charge >= 0.3 is 0 Å². The topological polar surface area (TPSA) is 29.7 Å². The molecule has 61 valence electrons. The predicted octanol–water partition coefficient (Wildman–Crippen LogP) is 0.816. The second-order valence-corrected chi connectivity index (χ2v) is 2.43. The Kier molecular flexibility index (Phi) is 3.11. The zero-order valence-electron chi connectivity index (χ0n) is 7.12. The van der Waals surface area contributed by atoms with Crippen molar-refractivity contribution in [2.24, 2.45) is 4.99 Å². The van der Waals surface area contributed by atoms with Crippen molar-refractivity contribution in [2.45, 2.75) is 13.8 Å². The molecule has 0 saturated heterocycles. The maximum absolute atomic E-state index is 4.10. The summed E-state index contributed by atoms with van der Waals surface area (Å²) in [6, 6.07) is 0. The molecule has 0 aliphatic carbocycles. The highest BCUT2D eigenvalue weighted by Crippen LogP contribution is 1.93. The van der Waals surface area contributed by atoms with E-state index in [0.717, 1.165) is 25.5 Å². The fraction of sp³-hybridized carbons (Fsp3) is 0.625. The summed E-state index contributed by atoms with van der Waals surface area (Å²) in [6.07, 6.45) is 3.47. The van der Waals surface area contributed by atoms with Crippen molar-refractivity contribution >= 4 is 5.84 Å². The quantitative estimate of drug-likeness (QED) is 0.586. The monoisotopic (exact) mass is 152 g/mol. The Morgan fingerprint density at radius 1 is 1.27 bits per heavy atom. The van der Waals surface area contributed by atoms with Crippen LogP contribution in [0.5, 0.6) is 0 Å². The fourth-order valence-corrected chi connectivity index (χ4v) is 1.00. The summed E-state index contributed by atoms with van der Waals surface area (Å²) in [5, 5.41) is 4.10.